The number of rotatable bonds is 6. The van der Waals surface area contributed by atoms with E-state index < -0.39 is 12.1 Å². The van der Waals surface area contributed by atoms with E-state index in [0.29, 0.717) is 11.4 Å². The van der Waals surface area contributed by atoms with Crippen LogP contribution in [-0.2, 0) is 4.79 Å². The number of carboxylic acid groups (broad SMARTS) is 1. The number of halogens is 1. The van der Waals surface area contributed by atoms with Crippen molar-refractivity contribution in [2.45, 2.75) is 12.5 Å². The predicted octanol–water partition coefficient (Wildman–Crippen LogP) is 1.71. The molecule has 0 saturated heterocycles. The average molecular weight is 304 g/mol. The maximum Gasteiger partial charge on any atom is 0.306 e. The maximum absolute atomic E-state index is 10.4. The van der Waals surface area contributed by atoms with E-state index in [1.807, 2.05) is 6.07 Å². The summed E-state index contributed by atoms with van der Waals surface area (Å²) in [6.45, 7) is 0.152. The first kappa shape index (κ1) is 13.8. The quantitative estimate of drug-likeness (QED) is 0.745. The lowest BCUT2D eigenvalue weighted by molar-refractivity contribution is -0.138. The zero-order valence-electron chi connectivity index (χ0n) is 9.31. The van der Waals surface area contributed by atoms with Crippen molar-refractivity contribution in [3.63, 3.8) is 0 Å². The monoisotopic (exact) mass is 303 g/mol. The third-order valence-corrected chi connectivity index (χ3v) is 2.59. The third-order valence-electron chi connectivity index (χ3n) is 2.10. The number of benzene rings is 1. The largest absolute Gasteiger partial charge is 0.495 e. The van der Waals surface area contributed by atoms with Crippen LogP contribution in [0.4, 0.5) is 5.69 Å². The van der Waals surface area contributed by atoms with E-state index >= 15 is 0 Å². The van der Waals surface area contributed by atoms with Gasteiger partial charge in [-0.2, -0.15) is 0 Å². The first-order chi connectivity index (χ1) is 8.02. The highest BCUT2D eigenvalue weighted by Gasteiger charge is 2.10. The molecule has 17 heavy (non-hydrogen) atoms. The number of methoxy groups -OCH3 is 1. The molecule has 0 heterocycles. The molecule has 0 radical (unpaired) electrons. The summed E-state index contributed by atoms with van der Waals surface area (Å²) in [5, 5.41) is 20.9. The van der Waals surface area contributed by atoms with E-state index in [1.165, 1.54) is 0 Å². The molecular weight excluding hydrogens is 290 g/mol. The molecule has 0 aliphatic rings. The van der Waals surface area contributed by atoms with Crippen molar-refractivity contribution in [3.05, 3.63) is 22.7 Å². The summed E-state index contributed by atoms with van der Waals surface area (Å²) in [5.74, 6) is -0.392. The zero-order valence-corrected chi connectivity index (χ0v) is 10.9. The number of hydrogen-bond donors (Lipinski definition) is 3. The van der Waals surface area contributed by atoms with Crippen LogP contribution in [0.25, 0.3) is 0 Å². The van der Waals surface area contributed by atoms with E-state index in [2.05, 4.69) is 21.2 Å². The Bertz CT molecular complexity index is 397. The van der Waals surface area contributed by atoms with Crippen molar-refractivity contribution in [1.29, 1.82) is 0 Å². The van der Waals surface area contributed by atoms with Crippen LogP contribution in [0, 0.1) is 0 Å². The van der Waals surface area contributed by atoms with Crippen LogP contribution >= 0.6 is 15.9 Å². The lowest BCUT2D eigenvalue weighted by Gasteiger charge is -2.14. The number of carboxylic acids is 1. The number of aliphatic hydroxyl groups is 1. The highest BCUT2D eigenvalue weighted by molar-refractivity contribution is 9.10. The van der Waals surface area contributed by atoms with Crippen LogP contribution in [0.2, 0.25) is 0 Å². The van der Waals surface area contributed by atoms with E-state index in [0.717, 1.165) is 4.47 Å². The van der Waals surface area contributed by atoms with Gasteiger partial charge in [0.05, 0.1) is 25.3 Å². The van der Waals surface area contributed by atoms with Gasteiger partial charge in [-0.15, -0.1) is 0 Å². The lowest BCUT2D eigenvalue weighted by Crippen LogP contribution is -2.22. The van der Waals surface area contributed by atoms with Gasteiger partial charge in [-0.3, -0.25) is 4.79 Å². The first-order valence-electron chi connectivity index (χ1n) is 5.00. The summed E-state index contributed by atoms with van der Waals surface area (Å²) >= 11 is 3.32. The van der Waals surface area contributed by atoms with Gasteiger partial charge in [-0.05, 0) is 18.2 Å². The number of anilines is 1. The molecule has 0 aliphatic heterocycles. The van der Waals surface area contributed by atoms with Gasteiger partial charge in [-0.25, -0.2) is 0 Å². The highest BCUT2D eigenvalue weighted by atomic mass is 79.9. The van der Waals surface area contributed by atoms with E-state index in [4.69, 9.17) is 9.84 Å². The molecule has 0 aromatic heterocycles. The molecule has 0 bridgehead atoms. The van der Waals surface area contributed by atoms with Crippen LogP contribution < -0.4 is 10.1 Å². The van der Waals surface area contributed by atoms with Crippen molar-refractivity contribution in [2.75, 3.05) is 19.0 Å². The SMILES string of the molecule is COc1ccc(Br)cc1NCC(O)CC(=O)O. The minimum Gasteiger partial charge on any atom is -0.495 e. The standard InChI is InChI=1S/C11H14BrNO4/c1-17-10-3-2-7(12)4-9(10)13-6-8(14)5-11(15)16/h2-4,8,13-14H,5-6H2,1H3,(H,15,16). The second-order valence-corrected chi connectivity index (χ2v) is 4.39. The number of aliphatic carboxylic acids is 1. The summed E-state index contributed by atoms with van der Waals surface area (Å²) in [5.41, 5.74) is 0.700. The fraction of sp³-hybridized carbons (Fsp3) is 0.364. The van der Waals surface area contributed by atoms with Crippen molar-refractivity contribution < 1.29 is 19.7 Å². The Hall–Kier alpha value is -1.27. The molecular formula is C11H14BrNO4. The third kappa shape index (κ3) is 4.62. The molecule has 0 fully saturated rings. The topological polar surface area (TPSA) is 78.8 Å². The fourth-order valence-electron chi connectivity index (χ4n) is 1.32. The molecule has 94 valence electrons. The van der Waals surface area contributed by atoms with Crippen molar-refractivity contribution >= 4 is 27.6 Å². The second kappa shape index (κ2) is 6.46. The second-order valence-electron chi connectivity index (χ2n) is 3.48. The number of ether oxygens (including phenoxy) is 1. The van der Waals surface area contributed by atoms with Crippen LogP contribution in [0.15, 0.2) is 22.7 Å². The van der Waals surface area contributed by atoms with Crippen LogP contribution in [0.5, 0.6) is 5.75 Å². The normalized spacial score (nSPS) is 11.9. The van der Waals surface area contributed by atoms with Crippen molar-refractivity contribution in [1.82, 2.24) is 0 Å². The van der Waals surface area contributed by atoms with Crippen LogP contribution in [-0.4, -0.2) is 35.9 Å². The molecule has 1 aromatic carbocycles. The van der Waals surface area contributed by atoms with Crippen molar-refractivity contribution in [3.8, 4) is 5.75 Å². The zero-order chi connectivity index (χ0) is 12.8. The summed E-state index contributed by atoms with van der Waals surface area (Å²) in [6, 6.07) is 5.40. The Labute approximate surface area is 108 Å². The van der Waals surface area contributed by atoms with Gasteiger partial charge in [0.25, 0.3) is 0 Å². The summed E-state index contributed by atoms with van der Waals surface area (Å²) in [7, 11) is 1.54. The van der Waals surface area contributed by atoms with Gasteiger partial charge in [-0.1, -0.05) is 15.9 Å². The first-order valence-corrected chi connectivity index (χ1v) is 5.79. The maximum atomic E-state index is 10.4. The molecule has 0 aliphatic carbocycles. The summed E-state index contributed by atoms with van der Waals surface area (Å²) in [6.07, 6.45) is -1.22. The number of nitrogens with one attached hydrogen (secondary N) is 1. The molecule has 1 unspecified atom stereocenters. The Morgan fingerprint density at radius 3 is 2.88 bits per heavy atom. The number of carbonyl (C=O) groups is 1. The smallest absolute Gasteiger partial charge is 0.306 e. The Morgan fingerprint density at radius 2 is 2.29 bits per heavy atom. The van der Waals surface area contributed by atoms with Gasteiger partial charge in [0.2, 0.25) is 0 Å². The van der Waals surface area contributed by atoms with Crippen molar-refractivity contribution in [2.24, 2.45) is 0 Å². The molecule has 1 rings (SSSR count). The molecule has 3 N–H and O–H groups in total. The van der Waals surface area contributed by atoms with Gasteiger partial charge in [0.1, 0.15) is 5.75 Å². The molecule has 1 aromatic rings. The highest BCUT2D eigenvalue weighted by Crippen LogP contribution is 2.27. The van der Waals surface area contributed by atoms with Gasteiger partial charge >= 0.3 is 5.97 Å². The molecule has 5 nitrogen and oxygen atoms in total. The molecule has 0 amide bonds. The van der Waals surface area contributed by atoms with Gasteiger partial charge in [0, 0.05) is 11.0 Å². The number of hydrogen-bond acceptors (Lipinski definition) is 4. The fourth-order valence-corrected chi connectivity index (χ4v) is 1.68. The van der Waals surface area contributed by atoms with E-state index in [1.54, 1.807) is 19.2 Å². The lowest BCUT2D eigenvalue weighted by atomic mass is 10.2. The van der Waals surface area contributed by atoms with E-state index in [-0.39, 0.29) is 13.0 Å². The molecule has 1 atom stereocenters. The predicted molar refractivity (Wildman–Crippen MR) is 67.4 cm³/mol. The Morgan fingerprint density at radius 1 is 1.59 bits per heavy atom. The van der Waals surface area contributed by atoms with Crippen LogP contribution in [0.3, 0.4) is 0 Å². The minimum absolute atomic E-state index is 0.152. The average Bonchev–Trinajstić information content (AvgIpc) is 2.25. The van der Waals surface area contributed by atoms with Crippen LogP contribution in [0.1, 0.15) is 6.42 Å². The summed E-state index contributed by atoms with van der Waals surface area (Å²) < 4.78 is 6.00. The van der Waals surface area contributed by atoms with E-state index in [9.17, 15) is 9.90 Å². The molecule has 0 saturated carbocycles. The molecule has 6 heteroatoms. The van der Waals surface area contributed by atoms with Gasteiger partial charge < -0.3 is 20.3 Å². The minimum atomic E-state index is -1.03. The number of aliphatic hydroxyl groups excluding tert-OH is 1. The Kier molecular flexibility index (Phi) is 5.24. The van der Waals surface area contributed by atoms with Gasteiger partial charge in [0.15, 0.2) is 0 Å². The summed E-state index contributed by atoms with van der Waals surface area (Å²) in [4.78, 5) is 10.4. The molecule has 0 spiro atoms. The Balaban J connectivity index is 2.61.